The predicted octanol–water partition coefficient (Wildman–Crippen LogP) is 3.49. The number of halogens is 3. The van der Waals surface area contributed by atoms with E-state index in [4.69, 9.17) is 10.5 Å². The Morgan fingerprint density at radius 3 is 2.20 bits per heavy atom. The lowest BCUT2D eigenvalue weighted by Crippen LogP contribution is -2.05. The number of anilines is 1. The first-order chi connectivity index (χ1) is 9.27. The van der Waals surface area contributed by atoms with Crippen LogP contribution in [0.3, 0.4) is 0 Å². The lowest BCUT2D eigenvalue weighted by Gasteiger charge is -2.11. The lowest BCUT2D eigenvalue weighted by atomic mass is 10.2. The summed E-state index contributed by atoms with van der Waals surface area (Å²) in [6.07, 6.45) is -4.37. The number of hydrogen-bond donors (Lipinski definition) is 1. The minimum atomic E-state index is -4.37. The summed E-state index contributed by atoms with van der Waals surface area (Å²) in [7, 11) is 0. The van der Waals surface area contributed by atoms with E-state index in [0.29, 0.717) is 11.4 Å². The lowest BCUT2D eigenvalue weighted by molar-refractivity contribution is -0.137. The third-order valence-corrected chi connectivity index (χ3v) is 2.65. The highest BCUT2D eigenvalue weighted by Gasteiger charge is 2.30. The fraction of sp³-hybridized carbons (Fsp3) is 0.231. The van der Waals surface area contributed by atoms with Gasteiger partial charge in [-0.1, -0.05) is 0 Å². The van der Waals surface area contributed by atoms with Crippen molar-refractivity contribution in [2.75, 3.05) is 5.73 Å². The van der Waals surface area contributed by atoms with Crippen LogP contribution in [0, 0.1) is 13.8 Å². The maximum Gasteiger partial charge on any atom is 0.416 e. The molecule has 0 saturated carbocycles. The molecule has 0 saturated heterocycles. The molecule has 2 rings (SSSR count). The Balaban J connectivity index is 2.27. The van der Waals surface area contributed by atoms with Gasteiger partial charge in [0.1, 0.15) is 17.4 Å². The van der Waals surface area contributed by atoms with Gasteiger partial charge in [0.25, 0.3) is 0 Å². The fourth-order valence-electron chi connectivity index (χ4n) is 1.55. The second-order valence-corrected chi connectivity index (χ2v) is 4.21. The van der Waals surface area contributed by atoms with Crippen LogP contribution >= 0.6 is 0 Å². The first-order valence-electron chi connectivity index (χ1n) is 5.73. The average Bonchev–Trinajstić information content (AvgIpc) is 2.35. The van der Waals surface area contributed by atoms with Crippen LogP contribution in [0.5, 0.6) is 11.6 Å². The van der Waals surface area contributed by atoms with Crippen molar-refractivity contribution in [2.45, 2.75) is 20.0 Å². The molecule has 0 aliphatic carbocycles. The van der Waals surface area contributed by atoms with Crippen LogP contribution in [0.15, 0.2) is 24.3 Å². The molecule has 1 aromatic carbocycles. The quantitative estimate of drug-likeness (QED) is 0.916. The highest BCUT2D eigenvalue weighted by Crippen LogP contribution is 2.32. The molecule has 20 heavy (non-hydrogen) atoms. The number of nitrogen functional groups attached to an aromatic ring is 1. The molecule has 7 heteroatoms. The Bertz CT molecular complexity index is 624. The van der Waals surface area contributed by atoms with Gasteiger partial charge in [0.2, 0.25) is 5.88 Å². The van der Waals surface area contributed by atoms with E-state index in [1.165, 1.54) is 12.1 Å². The highest BCUT2D eigenvalue weighted by atomic mass is 19.4. The first-order valence-corrected chi connectivity index (χ1v) is 5.73. The summed E-state index contributed by atoms with van der Waals surface area (Å²) in [5.41, 5.74) is 5.48. The third-order valence-electron chi connectivity index (χ3n) is 2.65. The summed E-state index contributed by atoms with van der Waals surface area (Å²) in [6.45, 7) is 3.32. The fourth-order valence-corrected chi connectivity index (χ4v) is 1.55. The van der Waals surface area contributed by atoms with E-state index in [2.05, 4.69) is 9.97 Å². The zero-order valence-corrected chi connectivity index (χ0v) is 10.8. The minimum Gasteiger partial charge on any atom is -0.439 e. The van der Waals surface area contributed by atoms with Crippen LogP contribution < -0.4 is 10.5 Å². The summed E-state index contributed by atoms with van der Waals surface area (Å²) in [6, 6.07) is 4.36. The van der Waals surface area contributed by atoms with E-state index in [-0.39, 0.29) is 17.4 Å². The molecule has 4 nitrogen and oxygen atoms in total. The van der Waals surface area contributed by atoms with E-state index in [9.17, 15) is 13.2 Å². The molecule has 0 radical (unpaired) electrons. The molecule has 0 spiro atoms. The van der Waals surface area contributed by atoms with Crippen LogP contribution in [0.2, 0.25) is 0 Å². The van der Waals surface area contributed by atoms with Gasteiger partial charge in [-0.25, -0.2) is 4.98 Å². The van der Waals surface area contributed by atoms with Crippen LogP contribution in [0.25, 0.3) is 0 Å². The van der Waals surface area contributed by atoms with Crippen LogP contribution in [0.1, 0.15) is 17.0 Å². The maximum absolute atomic E-state index is 12.4. The molecule has 0 atom stereocenters. The first kappa shape index (κ1) is 14.1. The number of benzene rings is 1. The van der Waals surface area contributed by atoms with Crippen molar-refractivity contribution in [3.63, 3.8) is 0 Å². The molecule has 1 heterocycles. The van der Waals surface area contributed by atoms with Crippen LogP contribution in [0.4, 0.5) is 19.0 Å². The molecule has 0 bridgehead atoms. The van der Waals surface area contributed by atoms with Crippen molar-refractivity contribution >= 4 is 5.82 Å². The minimum absolute atomic E-state index is 0.231. The summed E-state index contributed by atoms with van der Waals surface area (Å²) in [4.78, 5) is 8.02. The van der Waals surface area contributed by atoms with Gasteiger partial charge in [-0.2, -0.15) is 18.2 Å². The Morgan fingerprint density at radius 1 is 1.05 bits per heavy atom. The van der Waals surface area contributed by atoms with Gasteiger partial charge in [0, 0.05) is 0 Å². The summed E-state index contributed by atoms with van der Waals surface area (Å²) >= 11 is 0. The molecule has 1 aromatic heterocycles. The van der Waals surface area contributed by atoms with Gasteiger partial charge in [0.05, 0.1) is 11.1 Å². The van der Waals surface area contributed by atoms with E-state index >= 15 is 0 Å². The van der Waals surface area contributed by atoms with Crippen molar-refractivity contribution in [1.29, 1.82) is 0 Å². The molecule has 0 amide bonds. The molecule has 0 fully saturated rings. The monoisotopic (exact) mass is 283 g/mol. The zero-order valence-electron chi connectivity index (χ0n) is 10.8. The van der Waals surface area contributed by atoms with Crippen molar-refractivity contribution in [2.24, 2.45) is 0 Å². The molecule has 2 aromatic rings. The second kappa shape index (κ2) is 4.99. The number of aromatic nitrogens is 2. The molecule has 0 aliphatic heterocycles. The smallest absolute Gasteiger partial charge is 0.416 e. The number of rotatable bonds is 2. The van der Waals surface area contributed by atoms with Crippen molar-refractivity contribution in [3.05, 3.63) is 41.2 Å². The second-order valence-electron chi connectivity index (χ2n) is 4.21. The van der Waals surface area contributed by atoms with Gasteiger partial charge in [-0.15, -0.1) is 0 Å². The van der Waals surface area contributed by atoms with Crippen molar-refractivity contribution in [1.82, 2.24) is 9.97 Å². The molecule has 0 unspecified atom stereocenters. The maximum atomic E-state index is 12.4. The molecule has 106 valence electrons. The Hall–Kier alpha value is -2.31. The summed E-state index contributed by atoms with van der Waals surface area (Å²) < 4.78 is 42.8. The number of alkyl halides is 3. The summed E-state index contributed by atoms with van der Waals surface area (Å²) in [5, 5.41) is 0. The molecule has 2 N–H and O–H groups in total. The summed E-state index contributed by atoms with van der Waals surface area (Å²) in [5.74, 6) is 1.18. The van der Waals surface area contributed by atoms with Gasteiger partial charge in [0.15, 0.2) is 0 Å². The van der Waals surface area contributed by atoms with Gasteiger partial charge in [-0.3, -0.25) is 0 Å². The third kappa shape index (κ3) is 2.98. The Morgan fingerprint density at radius 2 is 1.65 bits per heavy atom. The average molecular weight is 283 g/mol. The van der Waals surface area contributed by atoms with E-state index < -0.39 is 11.7 Å². The normalized spacial score (nSPS) is 11.4. The van der Waals surface area contributed by atoms with Crippen LogP contribution in [-0.4, -0.2) is 9.97 Å². The van der Waals surface area contributed by atoms with E-state index in [1.54, 1.807) is 13.8 Å². The Kier molecular flexibility index (Phi) is 3.52. The number of nitrogens with two attached hydrogens (primary N) is 1. The van der Waals surface area contributed by atoms with Crippen molar-refractivity contribution in [3.8, 4) is 11.6 Å². The van der Waals surface area contributed by atoms with Gasteiger partial charge in [-0.05, 0) is 38.1 Å². The predicted molar refractivity (Wildman–Crippen MR) is 67.4 cm³/mol. The number of nitrogens with zero attached hydrogens (tertiary/aromatic N) is 2. The zero-order chi connectivity index (χ0) is 14.9. The van der Waals surface area contributed by atoms with Crippen LogP contribution in [-0.2, 0) is 6.18 Å². The van der Waals surface area contributed by atoms with E-state index in [0.717, 1.165) is 12.1 Å². The molecular weight excluding hydrogens is 271 g/mol. The number of hydrogen-bond acceptors (Lipinski definition) is 4. The number of aryl methyl sites for hydroxylation is 1. The molecule has 0 aliphatic rings. The van der Waals surface area contributed by atoms with E-state index in [1.807, 2.05) is 0 Å². The van der Waals surface area contributed by atoms with Gasteiger partial charge >= 0.3 is 6.18 Å². The standard InChI is InChI=1S/C13H12F3N3O/c1-7-11(17)18-8(2)19-12(7)20-10-5-3-9(4-6-10)13(14,15)16/h3-6H,1-2H3,(H2,17,18,19). The highest BCUT2D eigenvalue weighted by molar-refractivity contribution is 5.46. The van der Waals surface area contributed by atoms with Gasteiger partial charge < -0.3 is 10.5 Å². The largest absolute Gasteiger partial charge is 0.439 e. The SMILES string of the molecule is Cc1nc(N)c(C)c(Oc2ccc(C(F)(F)F)cc2)n1. The Labute approximate surface area is 113 Å². The topological polar surface area (TPSA) is 61.0 Å². The molecular formula is C13H12F3N3O. The number of ether oxygens (including phenoxy) is 1. The van der Waals surface area contributed by atoms with Crippen molar-refractivity contribution < 1.29 is 17.9 Å².